The molecular weight excluding hydrogens is 98.1 g/mol. The Hall–Kier alpha value is -0.400. The summed E-state index contributed by atoms with van der Waals surface area (Å²) in [6, 6.07) is 0. The molecule has 2 heteroatoms. The zero-order chi connectivity index (χ0) is 7.28. The van der Waals surface area contributed by atoms with Crippen LogP contribution >= 0.6 is 0 Å². The molecule has 0 aromatic rings. The molecule has 1 rings (SSSR count). The van der Waals surface area contributed by atoms with Crippen molar-refractivity contribution < 1.29 is 11.5 Å². The van der Waals surface area contributed by atoms with E-state index < -0.39 is 12.3 Å². The fourth-order valence-electron chi connectivity index (χ4n) is 0.347. The largest absolute Gasteiger partial charge is 0.269 e. The molecule has 0 nitrogen and oxygen atoms in total. The van der Waals surface area contributed by atoms with Gasteiger partial charge in [0.2, 0.25) is 0 Å². The molecule has 0 radical (unpaired) electrons. The summed E-state index contributed by atoms with van der Waals surface area (Å²) in [7, 11) is 0. The van der Waals surface area contributed by atoms with Gasteiger partial charge in [-0.05, 0) is 12.0 Å². The van der Waals surface area contributed by atoms with Gasteiger partial charge >= 0.3 is 0 Å². The lowest BCUT2D eigenvalue weighted by atomic mass is 9.89. The Bertz CT molecular complexity index is 162. The van der Waals surface area contributed by atoms with Crippen molar-refractivity contribution >= 4 is 0 Å². The molecule has 0 N–H and O–H groups in total. The minimum atomic E-state index is -3.28. The second-order valence-corrected chi connectivity index (χ2v) is 1.53. The summed E-state index contributed by atoms with van der Waals surface area (Å²) in [6.45, 7) is 3.02. The summed E-state index contributed by atoms with van der Waals surface area (Å²) in [5, 5.41) is 0. The van der Waals surface area contributed by atoms with Gasteiger partial charge in [0.05, 0.1) is 0 Å². The van der Waals surface area contributed by atoms with Crippen molar-refractivity contribution in [3.8, 4) is 0 Å². The van der Waals surface area contributed by atoms with Gasteiger partial charge in [-0.1, -0.05) is 6.58 Å². The Kier molecular flexibility index (Phi) is 0.422. The van der Waals surface area contributed by atoms with Gasteiger partial charge < -0.3 is 0 Å². The van der Waals surface area contributed by atoms with Crippen LogP contribution in [0.3, 0.4) is 0 Å². The molecule has 0 atom stereocenters. The van der Waals surface area contributed by atoms with Crippen molar-refractivity contribution in [2.75, 3.05) is 0 Å². The van der Waals surface area contributed by atoms with Crippen molar-refractivity contribution in [2.24, 2.45) is 0 Å². The summed E-state index contributed by atoms with van der Waals surface area (Å²) in [6.07, 6.45) is -2.55. The fraction of sp³-hybridized carbons (Fsp3) is 0.600. The number of hydrogen-bond donors (Lipinski definition) is 0. The molecule has 0 aromatic carbocycles. The average molecular weight is 106 g/mol. The fourth-order valence-corrected chi connectivity index (χ4v) is 0.347. The maximum atomic E-state index is 12.2. The lowest BCUT2D eigenvalue weighted by Gasteiger charge is -2.27. The van der Waals surface area contributed by atoms with E-state index in [0.29, 0.717) is 0 Å². The predicted octanol–water partition coefficient (Wildman–Crippen LogP) is 1.97. The van der Waals surface area contributed by atoms with Crippen molar-refractivity contribution in [1.82, 2.24) is 0 Å². The second-order valence-electron chi connectivity index (χ2n) is 1.53. The van der Waals surface area contributed by atoms with Crippen LogP contribution in [-0.4, -0.2) is 5.92 Å². The van der Waals surface area contributed by atoms with Gasteiger partial charge in [0.25, 0.3) is 5.92 Å². The van der Waals surface area contributed by atoms with E-state index in [1.807, 2.05) is 0 Å². The third-order valence-corrected chi connectivity index (χ3v) is 0.968. The van der Waals surface area contributed by atoms with Crippen LogP contribution in [0.1, 0.15) is 15.5 Å². The highest BCUT2D eigenvalue weighted by molar-refractivity contribution is 5.16. The van der Waals surface area contributed by atoms with Gasteiger partial charge in [0, 0.05) is 9.11 Å². The van der Waals surface area contributed by atoms with Gasteiger partial charge in [-0.3, -0.25) is 0 Å². The molecule has 1 saturated carbocycles. The molecule has 0 bridgehead atoms. The van der Waals surface area contributed by atoms with E-state index in [1.54, 1.807) is 0 Å². The van der Waals surface area contributed by atoms with Gasteiger partial charge in [0.15, 0.2) is 0 Å². The highest BCUT2D eigenvalue weighted by Gasteiger charge is 2.40. The summed E-state index contributed by atoms with van der Waals surface area (Å²) in [4.78, 5) is 0. The second kappa shape index (κ2) is 1.05. The summed E-state index contributed by atoms with van der Waals surface area (Å²) in [5.41, 5.74) is -0.299. The third-order valence-electron chi connectivity index (χ3n) is 0.968. The Morgan fingerprint density at radius 2 is 2.43 bits per heavy atom. The Balaban J connectivity index is 2.82. The highest BCUT2D eigenvalue weighted by atomic mass is 19.3. The maximum Gasteiger partial charge on any atom is 0.269 e. The molecule has 0 spiro atoms. The van der Waals surface area contributed by atoms with E-state index in [0.717, 1.165) is 0 Å². The van der Waals surface area contributed by atoms with Gasteiger partial charge in [-0.2, -0.15) is 0 Å². The van der Waals surface area contributed by atoms with Gasteiger partial charge in [-0.15, -0.1) is 0 Å². The van der Waals surface area contributed by atoms with Crippen LogP contribution < -0.4 is 0 Å². The lowest BCUT2D eigenvalue weighted by Crippen LogP contribution is -2.28. The van der Waals surface area contributed by atoms with Gasteiger partial charge in [-0.25, -0.2) is 8.78 Å². The normalized spacial score (nSPS) is 38.3. The smallest absolute Gasteiger partial charge is 0.202 e. The van der Waals surface area contributed by atoms with E-state index in [1.165, 1.54) is 0 Å². The molecule has 0 aromatic heterocycles. The lowest BCUT2D eigenvalue weighted by molar-refractivity contribution is -0.0104. The van der Waals surface area contributed by atoms with E-state index in [2.05, 4.69) is 6.58 Å². The molecule has 0 unspecified atom stereocenters. The predicted molar refractivity (Wildman–Crippen MR) is 23.3 cm³/mol. The molecule has 0 amide bonds. The van der Waals surface area contributed by atoms with Crippen LogP contribution in [0, 0.1) is 0 Å². The van der Waals surface area contributed by atoms with Crippen LogP contribution in [0.25, 0.3) is 0 Å². The summed E-state index contributed by atoms with van der Waals surface area (Å²) < 4.78 is 37.8. The minimum absolute atomic E-state index is 0.208. The monoisotopic (exact) mass is 106 g/mol. The number of hydrogen-bond acceptors (Lipinski definition) is 0. The molecule has 1 aliphatic carbocycles. The first kappa shape index (κ1) is 2.80. The zero-order valence-corrected chi connectivity index (χ0v) is 3.67. The average Bonchev–Trinajstić information content (AvgIpc) is 1.65. The quantitative estimate of drug-likeness (QED) is 0.414. The first-order chi connectivity index (χ1) is 3.88. The van der Waals surface area contributed by atoms with Crippen molar-refractivity contribution in [1.29, 1.82) is 0 Å². The van der Waals surface area contributed by atoms with E-state index in [9.17, 15) is 8.78 Å². The number of rotatable bonds is 0. The van der Waals surface area contributed by atoms with Crippen molar-refractivity contribution in [3.05, 3.63) is 12.2 Å². The zero-order valence-electron chi connectivity index (χ0n) is 5.67. The van der Waals surface area contributed by atoms with Crippen LogP contribution in [0.5, 0.6) is 0 Å². The van der Waals surface area contributed by atoms with E-state index in [4.69, 9.17) is 2.74 Å². The maximum absolute atomic E-state index is 12.2. The minimum Gasteiger partial charge on any atom is -0.202 e. The highest BCUT2D eigenvalue weighted by Crippen LogP contribution is 2.41. The molecule has 1 aliphatic rings. The van der Waals surface area contributed by atoms with Crippen molar-refractivity contribution in [2.45, 2.75) is 18.7 Å². The van der Waals surface area contributed by atoms with Crippen LogP contribution in [0.4, 0.5) is 8.78 Å². The first-order valence-corrected chi connectivity index (χ1v) is 1.94. The van der Waals surface area contributed by atoms with E-state index >= 15 is 0 Å². The number of halogens is 2. The number of allylic oxidation sites excluding steroid dienone is 1. The Morgan fingerprint density at radius 3 is 2.43 bits per heavy atom. The molecule has 7 heavy (non-hydrogen) atoms. The van der Waals surface area contributed by atoms with Gasteiger partial charge in [0.1, 0.15) is 0 Å². The molecule has 0 aliphatic heterocycles. The molecule has 0 saturated heterocycles. The third kappa shape index (κ3) is 0.539. The Morgan fingerprint density at radius 1 is 1.86 bits per heavy atom. The van der Waals surface area contributed by atoms with Crippen LogP contribution in [-0.2, 0) is 0 Å². The topological polar surface area (TPSA) is 0 Å². The first-order valence-electron chi connectivity index (χ1n) is 2.94. The van der Waals surface area contributed by atoms with Crippen molar-refractivity contribution in [3.63, 3.8) is 0 Å². The molecular formula is C5H6F2. The Labute approximate surface area is 43.6 Å². The molecule has 40 valence electrons. The SMILES string of the molecule is [2H]C1([2H])CC(=C)C1(F)F. The standard InChI is InChI=1S/C5H6F2/c1-4-2-3-5(4,6)7/h1-3H2/i3D2. The summed E-state index contributed by atoms with van der Waals surface area (Å²) >= 11 is 0. The van der Waals surface area contributed by atoms with Crippen LogP contribution in [0.15, 0.2) is 12.2 Å². The van der Waals surface area contributed by atoms with E-state index in [-0.39, 0.29) is 12.0 Å². The van der Waals surface area contributed by atoms with Crippen LogP contribution in [0.2, 0.25) is 0 Å². The summed E-state index contributed by atoms with van der Waals surface area (Å²) in [5.74, 6) is -3.28. The molecule has 1 fully saturated rings. The number of alkyl halides is 2. The molecule has 0 heterocycles.